The molecule has 94 valence electrons. The van der Waals surface area contributed by atoms with E-state index in [1.165, 1.54) is 43.8 Å². The van der Waals surface area contributed by atoms with Crippen LogP contribution in [0.25, 0.3) is 0 Å². The minimum Gasteiger partial charge on any atom is -0.315 e. The first-order chi connectivity index (χ1) is 8.34. The van der Waals surface area contributed by atoms with E-state index in [4.69, 9.17) is 0 Å². The monoisotopic (exact) mass is 234 g/mol. The van der Waals surface area contributed by atoms with Crippen LogP contribution in [0.4, 0.5) is 0 Å². The van der Waals surface area contributed by atoms with Gasteiger partial charge >= 0.3 is 0 Å². The molecule has 2 aliphatic heterocycles. The molecule has 0 amide bonds. The molecule has 4 nitrogen and oxygen atoms in total. The van der Waals surface area contributed by atoms with Gasteiger partial charge in [-0.05, 0) is 39.2 Å². The molecule has 0 aromatic carbocycles. The predicted octanol–water partition coefficient (Wildman–Crippen LogP) is 1.86. The van der Waals surface area contributed by atoms with Crippen molar-refractivity contribution in [2.45, 2.75) is 64.0 Å². The number of rotatable bonds is 1. The lowest BCUT2D eigenvalue weighted by Gasteiger charge is -2.27. The maximum absolute atomic E-state index is 4.48. The molecule has 1 aromatic heterocycles. The fourth-order valence-corrected chi connectivity index (χ4v) is 3.18. The average Bonchev–Trinajstić information content (AvgIpc) is 2.59. The normalized spacial score (nSPS) is 29.7. The molecule has 3 rings (SSSR count). The van der Waals surface area contributed by atoms with Crippen molar-refractivity contribution in [2.24, 2.45) is 0 Å². The highest BCUT2D eigenvalue weighted by atomic mass is 15.3. The van der Waals surface area contributed by atoms with Crippen molar-refractivity contribution in [2.75, 3.05) is 6.54 Å². The molecule has 1 fully saturated rings. The fourth-order valence-electron chi connectivity index (χ4n) is 3.18. The van der Waals surface area contributed by atoms with Gasteiger partial charge in [-0.2, -0.15) is 0 Å². The summed E-state index contributed by atoms with van der Waals surface area (Å²) in [4.78, 5) is 0. The maximum atomic E-state index is 4.48. The van der Waals surface area contributed by atoms with Crippen LogP contribution in [0.3, 0.4) is 0 Å². The van der Waals surface area contributed by atoms with E-state index in [0.29, 0.717) is 12.0 Å². The quantitative estimate of drug-likeness (QED) is 0.806. The van der Waals surface area contributed by atoms with Gasteiger partial charge in [0.05, 0.1) is 0 Å². The van der Waals surface area contributed by atoms with Gasteiger partial charge in [-0.1, -0.05) is 6.42 Å². The summed E-state index contributed by atoms with van der Waals surface area (Å²) >= 11 is 0. The number of hydrogen-bond acceptors (Lipinski definition) is 3. The summed E-state index contributed by atoms with van der Waals surface area (Å²) in [7, 11) is 0. The molecule has 3 heterocycles. The Kier molecular flexibility index (Phi) is 3.14. The fraction of sp³-hybridized carbons (Fsp3) is 0.846. The summed E-state index contributed by atoms with van der Waals surface area (Å²) in [5.41, 5.74) is 0. The Morgan fingerprint density at radius 2 is 2.18 bits per heavy atom. The second kappa shape index (κ2) is 4.77. The second-order valence-electron chi connectivity index (χ2n) is 5.51. The van der Waals surface area contributed by atoms with Crippen LogP contribution >= 0.6 is 0 Å². The summed E-state index contributed by atoms with van der Waals surface area (Å²) in [6.07, 6.45) is 7.44. The maximum Gasteiger partial charge on any atom is 0.136 e. The Bertz CT molecular complexity index is 385. The lowest BCUT2D eigenvalue weighted by Crippen LogP contribution is -2.35. The average molecular weight is 234 g/mol. The van der Waals surface area contributed by atoms with E-state index >= 15 is 0 Å². The molecule has 2 aliphatic rings. The molecule has 17 heavy (non-hydrogen) atoms. The Balaban J connectivity index is 1.84. The Morgan fingerprint density at radius 3 is 3.06 bits per heavy atom. The van der Waals surface area contributed by atoms with Crippen molar-refractivity contribution < 1.29 is 0 Å². The number of aryl methyl sites for hydroxylation is 1. The zero-order valence-electron chi connectivity index (χ0n) is 10.7. The van der Waals surface area contributed by atoms with Crippen LogP contribution in [-0.2, 0) is 13.0 Å². The Labute approximate surface area is 103 Å². The van der Waals surface area contributed by atoms with Crippen molar-refractivity contribution >= 4 is 0 Å². The number of piperidine rings is 1. The third kappa shape index (κ3) is 2.23. The molecule has 2 unspecified atom stereocenters. The van der Waals surface area contributed by atoms with E-state index in [0.717, 1.165) is 19.5 Å². The highest BCUT2D eigenvalue weighted by molar-refractivity contribution is 5.05. The van der Waals surface area contributed by atoms with Crippen molar-refractivity contribution in [1.82, 2.24) is 20.1 Å². The SMILES string of the molecule is CC1CC(c2nnc3n2CCCCC3)CCN1. The minimum absolute atomic E-state index is 0.616. The third-order valence-electron chi connectivity index (χ3n) is 4.13. The number of fused-ring (bicyclic) bond motifs is 1. The lowest BCUT2D eigenvalue weighted by atomic mass is 9.92. The topological polar surface area (TPSA) is 42.7 Å². The van der Waals surface area contributed by atoms with Crippen LogP contribution in [0.15, 0.2) is 0 Å². The standard InChI is InChI=1S/C13H22N4/c1-10-9-11(6-7-14-10)13-16-15-12-5-3-2-4-8-17(12)13/h10-11,14H,2-9H2,1H3. The molecule has 1 saturated heterocycles. The molecule has 1 N–H and O–H groups in total. The lowest BCUT2D eigenvalue weighted by molar-refractivity contribution is 0.361. The first-order valence-electron chi connectivity index (χ1n) is 7.00. The molecular formula is C13H22N4. The highest BCUT2D eigenvalue weighted by Crippen LogP contribution is 2.28. The van der Waals surface area contributed by atoms with Crippen LogP contribution in [0.1, 0.15) is 56.6 Å². The van der Waals surface area contributed by atoms with Gasteiger partial charge < -0.3 is 9.88 Å². The van der Waals surface area contributed by atoms with E-state index in [1.54, 1.807) is 0 Å². The molecule has 0 bridgehead atoms. The summed E-state index contributed by atoms with van der Waals surface area (Å²) in [6.45, 7) is 4.52. The van der Waals surface area contributed by atoms with Crippen molar-refractivity contribution in [3.63, 3.8) is 0 Å². The van der Waals surface area contributed by atoms with Crippen molar-refractivity contribution in [3.8, 4) is 0 Å². The van der Waals surface area contributed by atoms with E-state index in [-0.39, 0.29) is 0 Å². The molecule has 2 atom stereocenters. The zero-order valence-corrected chi connectivity index (χ0v) is 10.7. The molecule has 0 radical (unpaired) electrons. The van der Waals surface area contributed by atoms with Crippen LogP contribution in [0.5, 0.6) is 0 Å². The van der Waals surface area contributed by atoms with Crippen molar-refractivity contribution in [1.29, 1.82) is 0 Å². The second-order valence-corrected chi connectivity index (χ2v) is 5.51. The summed E-state index contributed by atoms with van der Waals surface area (Å²) in [5.74, 6) is 3.10. The third-order valence-corrected chi connectivity index (χ3v) is 4.13. The van der Waals surface area contributed by atoms with Gasteiger partial charge in [-0.15, -0.1) is 10.2 Å². The molecule has 0 saturated carbocycles. The highest BCUT2D eigenvalue weighted by Gasteiger charge is 2.26. The van der Waals surface area contributed by atoms with Gasteiger partial charge in [0.25, 0.3) is 0 Å². The number of nitrogens with zero attached hydrogens (tertiary/aromatic N) is 3. The molecule has 4 heteroatoms. The van der Waals surface area contributed by atoms with Crippen LogP contribution in [0, 0.1) is 0 Å². The van der Waals surface area contributed by atoms with Gasteiger partial charge in [-0.3, -0.25) is 0 Å². The summed E-state index contributed by atoms with van der Waals surface area (Å²) in [6, 6.07) is 0.618. The Morgan fingerprint density at radius 1 is 1.24 bits per heavy atom. The van der Waals surface area contributed by atoms with Gasteiger partial charge in [-0.25, -0.2) is 0 Å². The van der Waals surface area contributed by atoms with E-state index in [9.17, 15) is 0 Å². The van der Waals surface area contributed by atoms with Crippen LogP contribution in [-0.4, -0.2) is 27.4 Å². The minimum atomic E-state index is 0.616. The summed E-state index contributed by atoms with van der Waals surface area (Å²) in [5, 5.41) is 12.4. The van der Waals surface area contributed by atoms with Gasteiger partial charge in [0.1, 0.15) is 11.6 Å². The van der Waals surface area contributed by atoms with Gasteiger partial charge in [0.15, 0.2) is 0 Å². The Hall–Kier alpha value is -0.900. The van der Waals surface area contributed by atoms with E-state index in [2.05, 4.69) is 27.0 Å². The first kappa shape index (κ1) is 11.2. The van der Waals surface area contributed by atoms with E-state index in [1.807, 2.05) is 0 Å². The molecule has 0 spiro atoms. The molecule has 1 aromatic rings. The summed E-state index contributed by atoms with van der Waals surface area (Å²) < 4.78 is 2.41. The smallest absolute Gasteiger partial charge is 0.136 e. The largest absolute Gasteiger partial charge is 0.315 e. The zero-order chi connectivity index (χ0) is 11.7. The number of aromatic nitrogens is 3. The number of hydrogen-bond donors (Lipinski definition) is 1. The van der Waals surface area contributed by atoms with Crippen LogP contribution < -0.4 is 5.32 Å². The van der Waals surface area contributed by atoms with Crippen LogP contribution in [0.2, 0.25) is 0 Å². The van der Waals surface area contributed by atoms with Gasteiger partial charge in [0.2, 0.25) is 0 Å². The number of nitrogens with one attached hydrogen (secondary N) is 1. The van der Waals surface area contributed by atoms with Crippen molar-refractivity contribution in [3.05, 3.63) is 11.6 Å². The predicted molar refractivity (Wildman–Crippen MR) is 67.0 cm³/mol. The molecular weight excluding hydrogens is 212 g/mol. The van der Waals surface area contributed by atoms with Gasteiger partial charge in [0, 0.05) is 24.9 Å². The molecule has 0 aliphatic carbocycles. The first-order valence-corrected chi connectivity index (χ1v) is 7.00. The van der Waals surface area contributed by atoms with E-state index < -0.39 is 0 Å².